The fraction of sp³-hybridized carbons (Fsp3) is 0.576. The number of hydrogen-bond donors (Lipinski definition) is 3. The number of aliphatic hydroxyl groups excluding tert-OH is 1. The summed E-state index contributed by atoms with van der Waals surface area (Å²) in [6, 6.07) is 5.99. The lowest BCUT2D eigenvalue weighted by atomic mass is 9.46. The van der Waals surface area contributed by atoms with Crippen molar-refractivity contribution in [3.05, 3.63) is 59.4 Å². The van der Waals surface area contributed by atoms with Crippen molar-refractivity contribution in [1.82, 2.24) is 5.32 Å². The molecule has 1 aromatic rings. The highest BCUT2D eigenvalue weighted by Crippen LogP contribution is 2.67. The zero-order chi connectivity index (χ0) is 30.3. The Morgan fingerprint density at radius 2 is 1.86 bits per heavy atom. The summed E-state index contributed by atoms with van der Waals surface area (Å²) >= 11 is 0. The number of hydrogen-bond acceptors (Lipinski definition) is 7. The molecule has 226 valence electrons. The number of ketones is 2. The molecule has 0 unspecified atom stereocenters. The highest BCUT2D eigenvalue weighted by Gasteiger charge is 2.68. The molecular formula is C33H40FNO7. The molecule has 42 heavy (non-hydrogen) atoms. The Hall–Kier alpha value is -3.17. The van der Waals surface area contributed by atoms with E-state index in [1.165, 1.54) is 12.1 Å². The maximum atomic E-state index is 13.4. The van der Waals surface area contributed by atoms with Crippen molar-refractivity contribution in [3.63, 3.8) is 0 Å². The van der Waals surface area contributed by atoms with Gasteiger partial charge in [-0.2, -0.15) is 0 Å². The molecule has 0 spiro atoms. The molecule has 0 bridgehead atoms. The Balaban J connectivity index is 1.14. The smallest absolute Gasteiger partial charge is 0.306 e. The van der Waals surface area contributed by atoms with Gasteiger partial charge in [0.25, 0.3) is 0 Å². The molecule has 7 atom stereocenters. The average Bonchev–Trinajstić information content (AvgIpc) is 3.22. The number of esters is 1. The van der Waals surface area contributed by atoms with Crippen LogP contribution in [0.25, 0.3) is 0 Å². The van der Waals surface area contributed by atoms with Crippen LogP contribution in [-0.4, -0.2) is 58.5 Å². The SMILES string of the molecule is C[C@]12C=CC(=O)C=C1CC[C@@H]1[C@H]2[C@@H](O)C[C@@]2(C)[C@@H]1CC[C@]2(O)C(=O)COC(=O)CCC(=O)NCCc1ccc(F)cc1. The molecule has 3 fully saturated rings. The number of Topliss-reactive ketones (excluding diaryl/α,β-unsaturated/α-hetero) is 1. The number of fused-ring (bicyclic) bond motifs is 5. The lowest BCUT2D eigenvalue weighted by molar-refractivity contribution is -0.181. The molecule has 8 nitrogen and oxygen atoms in total. The lowest BCUT2D eigenvalue weighted by Gasteiger charge is -2.59. The van der Waals surface area contributed by atoms with Crippen LogP contribution >= 0.6 is 0 Å². The second kappa shape index (κ2) is 11.5. The van der Waals surface area contributed by atoms with Crippen molar-refractivity contribution >= 4 is 23.4 Å². The third kappa shape index (κ3) is 5.37. The molecule has 3 saturated carbocycles. The number of carbonyl (C=O) groups excluding carboxylic acids is 4. The van der Waals surface area contributed by atoms with E-state index in [9.17, 15) is 33.8 Å². The number of amides is 1. The first-order chi connectivity index (χ1) is 19.9. The van der Waals surface area contributed by atoms with Gasteiger partial charge in [0, 0.05) is 29.7 Å². The molecule has 0 aromatic heterocycles. The summed E-state index contributed by atoms with van der Waals surface area (Å²) in [6.07, 6.45) is 7.21. The van der Waals surface area contributed by atoms with E-state index in [1.807, 2.05) is 13.0 Å². The van der Waals surface area contributed by atoms with E-state index in [2.05, 4.69) is 12.2 Å². The zero-order valence-corrected chi connectivity index (χ0v) is 24.2. The second-order valence-electron chi connectivity index (χ2n) is 12.9. The molecule has 4 aliphatic carbocycles. The predicted octanol–water partition coefficient (Wildman–Crippen LogP) is 3.39. The van der Waals surface area contributed by atoms with Gasteiger partial charge >= 0.3 is 5.97 Å². The molecule has 1 aromatic carbocycles. The Morgan fingerprint density at radius 3 is 2.60 bits per heavy atom. The standard InChI is InChI=1S/C33H40FNO7/c1-31-14-11-23(36)17-21(31)5-8-24-25-12-15-33(41,32(25,2)18-26(37)30(24)31)27(38)19-42-29(40)10-9-28(39)35-16-13-20-3-6-22(34)7-4-20/h3-4,6-7,11,14,17,24-26,30,37,41H,5,8-10,12-13,15-16,18-19H2,1-2H3,(H,35,39)/t24-,25+,26-,30-,31-,32-,33-/m0/s1. The molecule has 1 amide bonds. The minimum atomic E-state index is -1.74. The third-order valence-electron chi connectivity index (χ3n) is 10.7. The van der Waals surface area contributed by atoms with E-state index in [0.717, 1.165) is 24.0 Å². The van der Waals surface area contributed by atoms with Crippen LogP contribution in [0.1, 0.15) is 64.4 Å². The maximum absolute atomic E-state index is 13.4. The van der Waals surface area contributed by atoms with Gasteiger partial charge < -0.3 is 20.3 Å². The number of aliphatic hydroxyl groups is 2. The summed E-state index contributed by atoms with van der Waals surface area (Å²) < 4.78 is 18.2. The van der Waals surface area contributed by atoms with Gasteiger partial charge in [-0.05, 0) is 80.2 Å². The first-order valence-electron chi connectivity index (χ1n) is 14.9. The van der Waals surface area contributed by atoms with E-state index in [4.69, 9.17) is 4.74 Å². The fourth-order valence-corrected chi connectivity index (χ4v) is 8.43. The van der Waals surface area contributed by atoms with Gasteiger partial charge in [0.15, 0.2) is 12.4 Å². The van der Waals surface area contributed by atoms with Crippen molar-refractivity contribution in [2.24, 2.45) is 28.6 Å². The number of benzene rings is 1. The second-order valence-corrected chi connectivity index (χ2v) is 12.9. The van der Waals surface area contributed by atoms with Gasteiger partial charge in [0.2, 0.25) is 11.7 Å². The van der Waals surface area contributed by atoms with Gasteiger partial charge in [-0.1, -0.05) is 37.6 Å². The van der Waals surface area contributed by atoms with Crippen molar-refractivity contribution in [1.29, 1.82) is 0 Å². The summed E-state index contributed by atoms with van der Waals surface area (Å²) in [5, 5.41) is 26.0. The molecule has 9 heteroatoms. The van der Waals surface area contributed by atoms with E-state index < -0.39 is 40.9 Å². The normalized spacial score (nSPS) is 35.0. The highest BCUT2D eigenvalue weighted by molar-refractivity contribution is 6.01. The maximum Gasteiger partial charge on any atom is 0.306 e. The van der Waals surface area contributed by atoms with Crippen LogP contribution in [-0.2, 0) is 30.3 Å². The monoisotopic (exact) mass is 581 g/mol. The zero-order valence-electron chi connectivity index (χ0n) is 24.2. The molecule has 3 N–H and O–H groups in total. The van der Waals surface area contributed by atoms with E-state index >= 15 is 0 Å². The number of allylic oxidation sites excluding steroid dienone is 4. The quantitative estimate of drug-likeness (QED) is 0.381. The third-order valence-corrected chi connectivity index (χ3v) is 10.7. The van der Waals surface area contributed by atoms with Gasteiger partial charge in [-0.25, -0.2) is 4.39 Å². The summed E-state index contributed by atoms with van der Waals surface area (Å²) in [5.41, 5.74) is -1.15. The summed E-state index contributed by atoms with van der Waals surface area (Å²) in [6.45, 7) is 3.68. The molecular weight excluding hydrogens is 541 g/mol. The molecule has 4 aliphatic rings. The van der Waals surface area contributed by atoms with Gasteiger partial charge in [-0.3, -0.25) is 19.2 Å². The summed E-state index contributed by atoms with van der Waals surface area (Å²) in [4.78, 5) is 49.9. The number of nitrogens with one attached hydrogen (secondary N) is 1. The van der Waals surface area contributed by atoms with Crippen molar-refractivity contribution in [3.8, 4) is 0 Å². The predicted molar refractivity (Wildman–Crippen MR) is 151 cm³/mol. The van der Waals surface area contributed by atoms with Gasteiger partial charge in [0.05, 0.1) is 12.5 Å². The summed E-state index contributed by atoms with van der Waals surface area (Å²) in [5.74, 6) is -2.03. The Labute approximate surface area is 245 Å². The van der Waals surface area contributed by atoms with E-state index in [0.29, 0.717) is 19.4 Å². The topological polar surface area (TPSA) is 130 Å². The average molecular weight is 582 g/mol. The lowest BCUT2D eigenvalue weighted by Crippen LogP contribution is -2.61. The molecule has 5 rings (SSSR count). The minimum Gasteiger partial charge on any atom is -0.458 e. The first-order valence-corrected chi connectivity index (χ1v) is 14.9. The van der Waals surface area contributed by atoms with Crippen LogP contribution in [0.4, 0.5) is 4.39 Å². The van der Waals surface area contributed by atoms with Crippen LogP contribution in [0.15, 0.2) is 48.1 Å². The van der Waals surface area contributed by atoms with Crippen LogP contribution in [0, 0.1) is 34.4 Å². The molecule has 0 saturated heterocycles. The number of halogens is 1. The number of carbonyl (C=O) groups is 4. The van der Waals surface area contributed by atoms with E-state index in [1.54, 1.807) is 24.3 Å². The highest BCUT2D eigenvalue weighted by atomic mass is 19.1. The minimum absolute atomic E-state index is 0.00133. The molecule has 0 heterocycles. The Morgan fingerprint density at radius 1 is 1.12 bits per heavy atom. The van der Waals surface area contributed by atoms with Crippen molar-refractivity contribution < 1.29 is 38.5 Å². The molecule has 0 aliphatic heterocycles. The largest absolute Gasteiger partial charge is 0.458 e. The molecule has 0 radical (unpaired) electrons. The van der Waals surface area contributed by atoms with Gasteiger partial charge in [-0.15, -0.1) is 0 Å². The van der Waals surface area contributed by atoms with Crippen LogP contribution in [0.2, 0.25) is 0 Å². The Kier molecular flexibility index (Phi) is 8.29. The summed E-state index contributed by atoms with van der Waals surface area (Å²) in [7, 11) is 0. The fourth-order valence-electron chi connectivity index (χ4n) is 8.43. The number of rotatable bonds is 9. The number of ether oxygens (including phenoxy) is 1. The van der Waals surface area contributed by atoms with Crippen LogP contribution in [0.5, 0.6) is 0 Å². The van der Waals surface area contributed by atoms with Crippen LogP contribution in [0.3, 0.4) is 0 Å². The van der Waals surface area contributed by atoms with Gasteiger partial charge in [0.1, 0.15) is 11.4 Å². The van der Waals surface area contributed by atoms with Crippen molar-refractivity contribution in [2.75, 3.05) is 13.2 Å². The van der Waals surface area contributed by atoms with E-state index in [-0.39, 0.29) is 60.9 Å². The van der Waals surface area contributed by atoms with Crippen LogP contribution < -0.4 is 5.32 Å². The Bertz CT molecular complexity index is 1320. The van der Waals surface area contributed by atoms with Crippen molar-refractivity contribution in [2.45, 2.75) is 76.9 Å². The first kappa shape index (κ1) is 30.3.